The molecule has 0 saturated carbocycles. The smallest absolute Gasteiger partial charge is 0.490 e. The van der Waals surface area contributed by atoms with Crippen LogP contribution < -0.4 is 14.9 Å². The SMILES string of the molecule is CCOc1ccc(B(O)O)cc1OC(F)(F)F. The first-order chi connectivity index (χ1) is 7.83. The summed E-state index contributed by atoms with van der Waals surface area (Å²) in [6.45, 7) is 1.77. The lowest BCUT2D eigenvalue weighted by atomic mass is 9.80. The second-order valence-electron chi connectivity index (χ2n) is 3.06. The summed E-state index contributed by atoms with van der Waals surface area (Å²) in [5.41, 5.74) is -0.118. The molecule has 0 aliphatic rings. The summed E-state index contributed by atoms with van der Waals surface area (Å²) in [6, 6.07) is 3.28. The molecule has 0 saturated heterocycles. The van der Waals surface area contributed by atoms with Crippen LogP contribution >= 0.6 is 0 Å². The lowest BCUT2D eigenvalue weighted by Gasteiger charge is -2.14. The number of hydrogen-bond donors (Lipinski definition) is 2. The van der Waals surface area contributed by atoms with Gasteiger partial charge in [0.15, 0.2) is 11.5 Å². The quantitative estimate of drug-likeness (QED) is 0.771. The second-order valence-corrected chi connectivity index (χ2v) is 3.06. The average Bonchev–Trinajstić information content (AvgIpc) is 2.18. The van der Waals surface area contributed by atoms with E-state index in [0.717, 1.165) is 6.07 Å². The third kappa shape index (κ3) is 4.16. The predicted octanol–water partition coefficient (Wildman–Crippen LogP) is 0.664. The van der Waals surface area contributed by atoms with Crippen LogP contribution in [0.2, 0.25) is 0 Å². The maximum atomic E-state index is 12.1. The zero-order valence-electron chi connectivity index (χ0n) is 8.86. The Morgan fingerprint density at radius 3 is 2.35 bits per heavy atom. The van der Waals surface area contributed by atoms with Crippen LogP contribution in [-0.4, -0.2) is 30.1 Å². The van der Waals surface area contributed by atoms with E-state index in [1.165, 1.54) is 12.1 Å². The predicted molar refractivity (Wildman–Crippen MR) is 54.1 cm³/mol. The van der Waals surface area contributed by atoms with Gasteiger partial charge in [0.2, 0.25) is 0 Å². The van der Waals surface area contributed by atoms with Gasteiger partial charge in [-0.1, -0.05) is 6.07 Å². The molecule has 0 fully saturated rings. The topological polar surface area (TPSA) is 58.9 Å². The number of alkyl halides is 3. The van der Waals surface area contributed by atoms with Crippen molar-refractivity contribution in [3.05, 3.63) is 18.2 Å². The number of benzene rings is 1. The van der Waals surface area contributed by atoms with Crippen molar-refractivity contribution in [2.45, 2.75) is 13.3 Å². The molecule has 0 bridgehead atoms. The molecule has 0 heterocycles. The van der Waals surface area contributed by atoms with E-state index in [-0.39, 0.29) is 17.8 Å². The summed E-state index contributed by atoms with van der Waals surface area (Å²) >= 11 is 0. The van der Waals surface area contributed by atoms with Gasteiger partial charge in [-0.2, -0.15) is 0 Å². The number of rotatable bonds is 4. The van der Waals surface area contributed by atoms with Crippen molar-refractivity contribution in [3.8, 4) is 11.5 Å². The van der Waals surface area contributed by atoms with Gasteiger partial charge < -0.3 is 19.5 Å². The van der Waals surface area contributed by atoms with Crippen LogP contribution in [0.1, 0.15) is 6.92 Å². The molecule has 0 radical (unpaired) electrons. The molecule has 4 nitrogen and oxygen atoms in total. The molecular formula is C9H10BF3O4. The van der Waals surface area contributed by atoms with E-state index in [9.17, 15) is 13.2 Å². The average molecular weight is 250 g/mol. The lowest BCUT2D eigenvalue weighted by molar-refractivity contribution is -0.275. The Labute approximate surface area is 95.7 Å². The molecule has 0 aromatic heterocycles. The van der Waals surface area contributed by atoms with E-state index in [1.807, 2.05) is 0 Å². The molecule has 0 atom stereocenters. The third-order valence-electron chi connectivity index (χ3n) is 1.79. The molecule has 0 spiro atoms. The first-order valence-electron chi connectivity index (χ1n) is 4.72. The van der Waals surface area contributed by atoms with E-state index in [0.29, 0.717) is 0 Å². The highest BCUT2D eigenvalue weighted by Gasteiger charge is 2.33. The number of ether oxygens (including phenoxy) is 2. The van der Waals surface area contributed by atoms with Crippen LogP contribution in [0, 0.1) is 0 Å². The molecule has 1 aromatic rings. The van der Waals surface area contributed by atoms with Crippen LogP contribution in [-0.2, 0) is 0 Å². The molecule has 0 amide bonds. The molecule has 2 N–H and O–H groups in total. The number of hydrogen-bond acceptors (Lipinski definition) is 4. The highest BCUT2D eigenvalue weighted by molar-refractivity contribution is 6.58. The van der Waals surface area contributed by atoms with Gasteiger partial charge in [-0.25, -0.2) is 0 Å². The summed E-state index contributed by atoms with van der Waals surface area (Å²) in [7, 11) is -1.87. The highest BCUT2D eigenvalue weighted by atomic mass is 19.4. The van der Waals surface area contributed by atoms with Crippen molar-refractivity contribution in [3.63, 3.8) is 0 Å². The zero-order chi connectivity index (χ0) is 13.1. The van der Waals surface area contributed by atoms with Gasteiger partial charge in [0, 0.05) is 0 Å². The van der Waals surface area contributed by atoms with Gasteiger partial charge in [0.05, 0.1) is 6.61 Å². The van der Waals surface area contributed by atoms with Crippen LogP contribution in [0.15, 0.2) is 18.2 Å². The van der Waals surface area contributed by atoms with Crippen LogP contribution in [0.4, 0.5) is 13.2 Å². The Balaban J connectivity index is 3.06. The van der Waals surface area contributed by atoms with Crippen molar-refractivity contribution >= 4 is 12.6 Å². The van der Waals surface area contributed by atoms with Gasteiger partial charge in [-0.05, 0) is 24.5 Å². The molecule has 1 rings (SSSR count). The maximum absolute atomic E-state index is 12.1. The van der Waals surface area contributed by atoms with Gasteiger partial charge in [0.25, 0.3) is 0 Å². The fraction of sp³-hybridized carbons (Fsp3) is 0.333. The highest BCUT2D eigenvalue weighted by Crippen LogP contribution is 2.31. The van der Waals surface area contributed by atoms with Gasteiger partial charge in [-0.15, -0.1) is 13.2 Å². The first-order valence-corrected chi connectivity index (χ1v) is 4.72. The second kappa shape index (κ2) is 5.28. The van der Waals surface area contributed by atoms with Gasteiger partial charge >= 0.3 is 13.5 Å². The van der Waals surface area contributed by atoms with E-state index < -0.39 is 19.2 Å². The molecule has 0 aliphatic carbocycles. The van der Waals surface area contributed by atoms with Gasteiger partial charge in [-0.3, -0.25) is 0 Å². The molecule has 8 heteroatoms. The van der Waals surface area contributed by atoms with Crippen molar-refractivity contribution in [1.29, 1.82) is 0 Å². The Bertz CT molecular complexity index is 381. The lowest BCUT2D eigenvalue weighted by Crippen LogP contribution is -2.30. The zero-order valence-corrected chi connectivity index (χ0v) is 8.86. The van der Waals surface area contributed by atoms with Crippen LogP contribution in [0.5, 0.6) is 11.5 Å². The minimum atomic E-state index is -4.87. The standard InChI is InChI=1S/C9H10BF3O4/c1-2-16-7-4-3-6(10(14)15)5-8(7)17-9(11,12)13/h3-5,14-15H,2H2,1H3. The van der Waals surface area contributed by atoms with E-state index in [2.05, 4.69) is 4.74 Å². The van der Waals surface area contributed by atoms with Crippen LogP contribution in [0.3, 0.4) is 0 Å². The van der Waals surface area contributed by atoms with E-state index in [4.69, 9.17) is 14.8 Å². The molecule has 0 unspecified atom stereocenters. The van der Waals surface area contributed by atoms with Crippen molar-refractivity contribution in [2.24, 2.45) is 0 Å². The van der Waals surface area contributed by atoms with Crippen molar-refractivity contribution in [2.75, 3.05) is 6.61 Å². The first kappa shape index (κ1) is 13.7. The summed E-state index contributed by atoms with van der Waals surface area (Å²) in [4.78, 5) is 0. The molecule has 17 heavy (non-hydrogen) atoms. The minimum absolute atomic E-state index is 0.116. The van der Waals surface area contributed by atoms with E-state index in [1.54, 1.807) is 6.92 Å². The summed E-state index contributed by atoms with van der Waals surface area (Å²) < 4.78 is 44.9. The van der Waals surface area contributed by atoms with Crippen LogP contribution in [0.25, 0.3) is 0 Å². The summed E-state index contributed by atoms with van der Waals surface area (Å²) in [6.07, 6.45) is -4.87. The van der Waals surface area contributed by atoms with Crippen molar-refractivity contribution in [1.82, 2.24) is 0 Å². The number of halogens is 3. The summed E-state index contributed by atoms with van der Waals surface area (Å²) in [5.74, 6) is -0.723. The Morgan fingerprint density at radius 2 is 1.88 bits per heavy atom. The fourth-order valence-corrected chi connectivity index (χ4v) is 1.16. The Kier molecular flexibility index (Phi) is 4.25. The molecule has 1 aromatic carbocycles. The molecular weight excluding hydrogens is 240 g/mol. The summed E-state index contributed by atoms with van der Waals surface area (Å²) in [5, 5.41) is 17.7. The van der Waals surface area contributed by atoms with Gasteiger partial charge in [0.1, 0.15) is 0 Å². The molecule has 94 valence electrons. The largest absolute Gasteiger partial charge is 0.573 e. The normalized spacial score (nSPS) is 11.2. The minimum Gasteiger partial charge on any atom is -0.490 e. The Hall–Kier alpha value is -1.41. The Morgan fingerprint density at radius 1 is 1.24 bits per heavy atom. The maximum Gasteiger partial charge on any atom is 0.573 e. The van der Waals surface area contributed by atoms with Crippen molar-refractivity contribution < 1.29 is 32.7 Å². The fourth-order valence-electron chi connectivity index (χ4n) is 1.16. The monoisotopic (exact) mass is 250 g/mol. The third-order valence-corrected chi connectivity index (χ3v) is 1.79. The molecule has 0 aliphatic heterocycles. The van der Waals surface area contributed by atoms with E-state index >= 15 is 0 Å².